The van der Waals surface area contributed by atoms with Crippen LogP contribution in [0.1, 0.15) is 32.7 Å². The van der Waals surface area contributed by atoms with E-state index >= 15 is 0 Å². The van der Waals surface area contributed by atoms with Gasteiger partial charge in [0, 0.05) is 19.6 Å². The van der Waals surface area contributed by atoms with Crippen molar-refractivity contribution in [3.05, 3.63) is 88.9 Å². The van der Waals surface area contributed by atoms with Crippen LogP contribution in [0.4, 0.5) is 5.82 Å². The van der Waals surface area contributed by atoms with E-state index < -0.39 is 0 Å². The van der Waals surface area contributed by atoms with Gasteiger partial charge in [0.1, 0.15) is 11.5 Å². The zero-order chi connectivity index (χ0) is 18.6. The lowest BCUT2D eigenvalue weighted by atomic mass is 10.00. The number of hydrogen-bond donors (Lipinski definition) is 1. The number of anilines is 1. The van der Waals surface area contributed by atoms with Crippen LogP contribution in [0, 0.1) is 6.92 Å². The van der Waals surface area contributed by atoms with Crippen LogP contribution in [0.2, 0.25) is 0 Å². The quantitative estimate of drug-likeness (QED) is 0.774. The van der Waals surface area contributed by atoms with E-state index in [0.29, 0.717) is 31.1 Å². The number of nitrogens with one attached hydrogen (secondary N) is 1. The highest BCUT2D eigenvalue weighted by Crippen LogP contribution is 2.20. The van der Waals surface area contributed by atoms with Crippen LogP contribution in [-0.4, -0.2) is 27.3 Å². The Bertz CT molecular complexity index is 935. The van der Waals surface area contributed by atoms with E-state index in [-0.39, 0.29) is 5.91 Å². The third kappa shape index (κ3) is 3.97. The first-order chi connectivity index (χ1) is 13.2. The first kappa shape index (κ1) is 17.2. The Hall–Kier alpha value is -3.21. The van der Waals surface area contributed by atoms with Gasteiger partial charge in [0.25, 0.3) is 5.91 Å². The van der Waals surface area contributed by atoms with Gasteiger partial charge >= 0.3 is 0 Å². The molecule has 136 valence electrons. The molecule has 1 N–H and O–H groups in total. The predicted molar refractivity (Wildman–Crippen MR) is 105 cm³/mol. The Morgan fingerprint density at radius 3 is 2.56 bits per heavy atom. The second kappa shape index (κ2) is 7.58. The minimum Gasteiger partial charge on any atom is -0.365 e. The van der Waals surface area contributed by atoms with E-state index in [9.17, 15) is 4.79 Å². The van der Waals surface area contributed by atoms with E-state index in [1.165, 1.54) is 22.3 Å². The second-order valence-electron chi connectivity index (χ2n) is 6.87. The van der Waals surface area contributed by atoms with Crippen LogP contribution in [-0.2, 0) is 19.5 Å². The molecular formula is C22H22N4O. The van der Waals surface area contributed by atoms with Gasteiger partial charge in [-0.2, -0.15) is 0 Å². The van der Waals surface area contributed by atoms with Gasteiger partial charge in [-0.25, -0.2) is 9.97 Å². The smallest absolute Gasteiger partial charge is 0.274 e. The Kier molecular flexibility index (Phi) is 4.83. The molecule has 0 spiro atoms. The Labute approximate surface area is 159 Å². The summed E-state index contributed by atoms with van der Waals surface area (Å²) in [5.74, 6) is 0.596. The van der Waals surface area contributed by atoms with Crippen LogP contribution >= 0.6 is 0 Å². The largest absolute Gasteiger partial charge is 0.365 e. The molecule has 4 rings (SSSR count). The van der Waals surface area contributed by atoms with Crippen molar-refractivity contribution in [2.75, 3.05) is 11.9 Å². The molecule has 0 saturated carbocycles. The number of aryl methyl sites for hydroxylation is 1. The summed E-state index contributed by atoms with van der Waals surface area (Å²) in [5.41, 5.74) is 5.33. The highest BCUT2D eigenvalue weighted by Gasteiger charge is 2.22. The number of rotatable bonds is 4. The van der Waals surface area contributed by atoms with E-state index in [1.54, 1.807) is 12.4 Å². The Morgan fingerprint density at radius 2 is 1.81 bits per heavy atom. The van der Waals surface area contributed by atoms with Crippen molar-refractivity contribution in [1.29, 1.82) is 0 Å². The summed E-state index contributed by atoms with van der Waals surface area (Å²) in [6.45, 7) is 4.08. The van der Waals surface area contributed by atoms with Gasteiger partial charge < -0.3 is 10.2 Å². The minimum absolute atomic E-state index is 0.0675. The third-order valence-corrected chi connectivity index (χ3v) is 4.88. The van der Waals surface area contributed by atoms with Crippen LogP contribution < -0.4 is 5.32 Å². The van der Waals surface area contributed by atoms with Gasteiger partial charge in [-0.05, 0) is 30.0 Å². The SMILES string of the molecule is Cc1ccc(CNc2cnc(C(=O)N3CCc4ccccc4C3)cn2)cc1. The predicted octanol–water partition coefficient (Wildman–Crippen LogP) is 3.60. The zero-order valence-corrected chi connectivity index (χ0v) is 15.4. The summed E-state index contributed by atoms with van der Waals surface area (Å²) >= 11 is 0. The highest BCUT2D eigenvalue weighted by atomic mass is 16.2. The van der Waals surface area contributed by atoms with E-state index in [0.717, 1.165) is 6.42 Å². The number of carbonyl (C=O) groups excluding carboxylic acids is 1. The molecule has 3 aromatic rings. The van der Waals surface area contributed by atoms with Crippen LogP contribution in [0.5, 0.6) is 0 Å². The summed E-state index contributed by atoms with van der Waals surface area (Å²) in [6.07, 6.45) is 4.06. The van der Waals surface area contributed by atoms with Crippen molar-refractivity contribution in [2.24, 2.45) is 0 Å². The first-order valence-corrected chi connectivity index (χ1v) is 9.16. The summed E-state index contributed by atoms with van der Waals surface area (Å²) in [4.78, 5) is 23.2. The second-order valence-corrected chi connectivity index (χ2v) is 6.87. The third-order valence-electron chi connectivity index (χ3n) is 4.88. The molecule has 0 unspecified atom stereocenters. The highest BCUT2D eigenvalue weighted by molar-refractivity contribution is 5.92. The lowest BCUT2D eigenvalue weighted by Gasteiger charge is -2.28. The normalized spacial score (nSPS) is 13.1. The van der Waals surface area contributed by atoms with E-state index in [2.05, 4.69) is 58.6 Å². The monoisotopic (exact) mass is 358 g/mol. The molecule has 0 aliphatic carbocycles. The average molecular weight is 358 g/mol. The Morgan fingerprint density at radius 1 is 1.04 bits per heavy atom. The molecule has 27 heavy (non-hydrogen) atoms. The maximum atomic E-state index is 12.7. The van der Waals surface area contributed by atoms with Crippen molar-refractivity contribution in [1.82, 2.24) is 14.9 Å². The molecule has 0 bridgehead atoms. The number of hydrogen-bond acceptors (Lipinski definition) is 4. The number of nitrogens with zero attached hydrogens (tertiary/aromatic N) is 3. The molecule has 1 aliphatic heterocycles. The number of amides is 1. The maximum Gasteiger partial charge on any atom is 0.274 e. The van der Waals surface area contributed by atoms with Crippen molar-refractivity contribution in [3.8, 4) is 0 Å². The lowest BCUT2D eigenvalue weighted by Crippen LogP contribution is -2.36. The fraction of sp³-hybridized carbons (Fsp3) is 0.227. The first-order valence-electron chi connectivity index (χ1n) is 9.16. The molecule has 0 saturated heterocycles. The van der Waals surface area contributed by atoms with Gasteiger partial charge in [-0.3, -0.25) is 4.79 Å². The molecular weight excluding hydrogens is 336 g/mol. The van der Waals surface area contributed by atoms with Crippen molar-refractivity contribution >= 4 is 11.7 Å². The molecule has 5 heteroatoms. The van der Waals surface area contributed by atoms with Crippen LogP contribution in [0.3, 0.4) is 0 Å². The lowest BCUT2D eigenvalue weighted by molar-refractivity contribution is 0.0728. The molecule has 0 fully saturated rings. The van der Waals surface area contributed by atoms with Gasteiger partial charge in [-0.15, -0.1) is 0 Å². The topological polar surface area (TPSA) is 58.1 Å². The standard InChI is InChI=1S/C22H22N4O/c1-16-6-8-17(9-7-16)12-24-21-14-23-20(13-25-21)22(27)26-11-10-18-4-2-3-5-19(18)15-26/h2-9,13-14H,10-12,15H2,1H3,(H,24,25). The van der Waals surface area contributed by atoms with E-state index in [1.807, 2.05) is 17.0 Å². The summed E-state index contributed by atoms with van der Waals surface area (Å²) in [7, 11) is 0. The molecule has 1 aliphatic rings. The number of fused-ring (bicyclic) bond motifs is 1. The molecule has 2 heterocycles. The molecule has 2 aromatic carbocycles. The zero-order valence-electron chi connectivity index (χ0n) is 15.4. The van der Waals surface area contributed by atoms with Crippen LogP contribution in [0.15, 0.2) is 60.9 Å². The summed E-state index contributed by atoms with van der Waals surface area (Å²) in [6, 6.07) is 16.6. The number of carbonyl (C=O) groups is 1. The Balaban J connectivity index is 1.38. The molecule has 0 atom stereocenters. The minimum atomic E-state index is -0.0675. The number of aromatic nitrogens is 2. The van der Waals surface area contributed by atoms with Gasteiger partial charge in [0.15, 0.2) is 0 Å². The summed E-state index contributed by atoms with van der Waals surface area (Å²) in [5, 5.41) is 3.24. The molecule has 5 nitrogen and oxygen atoms in total. The molecule has 1 amide bonds. The van der Waals surface area contributed by atoms with Gasteiger partial charge in [-0.1, -0.05) is 54.1 Å². The van der Waals surface area contributed by atoms with E-state index in [4.69, 9.17) is 0 Å². The fourth-order valence-corrected chi connectivity index (χ4v) is 3.26. The molecule has 0 radical (unpaired) electrons. The van der Waals surface area contributed by atoms with Crippen LogP contribution in [0.25, 0.3) is 0 Å². The van der Waals surface area contributed by atoms with Gasteiger partial charge in [0.05, 0.1) is 12.4 Å². The van der Waals surface area contributed by atoms with Crippen molar-refractivity contribution < 1.29 is 4.79 Å². The molecule has 1 aromatic heterocycles. The van der Waals surface area contributed by atoms with Crippen molar-refractivity contribution in [3.63, 3.8) is 0 Å². The summed E-state index contributed by atoms with van der Waals surface area (Å²) < 4.78 is 0. The number of benzene rings is 2. The maximum absolute atomic E-state index is 12.7. The average Bonchev–Trinajstić information content (AvgIpc) is 2.73. The fourth-order valence-electron chi connectivity index (χ4n) is 3.26. The van der Waals surface area contributed by atoms with Crippen molar-refractivity contribution in [2.45, 2.75) is 26.4 Å². The van der Waals surface area contributed by atoms with Gasteiger partial charge in [0.2, 0.25) is 0 Å².